The smallest absolute Gasteiger partial charge is 0.407 e. The van der Waals surface area contributed by atoms with Gasteiger partial charge in [-0.3, -0.25) is 0 Å². The van der Waals surface area contributed by atoms with Gasteiger partial charge >= 0.3 is 6.09 Å². The van der Waals surface area contributed by atoms with Crippen molar-refractivity contribution in [2.75, 3.05) is 0 Å². The number of rotatable bonds is 3. The molecule has 0 aliphatic heterocycles. The lowest BCUT2D eigenvalue weighted by Crippen LogP contribution is -2.38. The Morgan fingerprint density at radius 1 is 1.29 bits per heavy atom. The average Bonchev–Trinajstić information content (AvgIpc) is 2.15. The number of alkyl carbamates (subject to hydrolysis) is 1. The van der Waals surface area contributed by atoms with Crippen molar-refractivity contribution in [2.24, 2.45) is 5.92 Å². The Morgan fingerprint density at radius 2 is 1.88 bits per heavy atom. The third-order valence-electron chi connectivity index (χ3n) is 3.17. The molecule has 3 heteroatoms. The first-order valence-corrected chi connectivity index (χ1v) is 6.86. The fourth-order valence-electron chi connectivity index (χ4n) is 2.49. The highest BCUT2D eigenvalue weighted by molar-refractivity contribution is 5.67. The second-order valence-corrected chi connectivity index (χ2v) is 6.29. The molecule has 0 aromatic rings. The fourth-order valence-corrected chi connectivity index (χ4v) is 2.49. The lowest BCUT2D eigenvalue weighted by Gasteiger charge is -2.26. The summed E-state index contributed by atoms with van der Waals surface area (Å²) in [5.74, 6) is 0.786. The van der Waals surface area contributed by atoms with Gasteiger partial charge in [-0.25, -0.2) is 4.79 Å². The summed E-state index contributed by atoms with van der Waals surface area (Å²) in [7, 11) is 0. The summed E-state index contributed by atoms with van der Waals surface area (Å²) in [6.07, 6.45) is 7.51. The van der Waals surface area contributed by atoms with Crippen LogP contribution in [0.1, 0.15) is 66.2 Å². The Bertz CT molecular complexity index is 239. The first kappa shape index (κ1) is 14.3. The minimum absolute atomic E-state index is 0.216. The lowest BCUT2D eigenvalue weighted by atomic mass is 9.85. The second-order valence-electron chi connectivity index (χ2n) is 6.29. The summed E-state index contributed by atoms with van der Waals surface area (Å²) >= 11 is 0. The maximum Gasteiger partial charge on any atom is 0.407 e. The standard InChI is InChI=1S/C14H27NO2/c1-11(10-12-8-6-5-7-9-12)15-13(16)17-14(2,3)4/h11-12H,5-10H2,1-4H3,(H,15,16)/t11-/m0/s1. The minimum atomic E-state index is -0.408. The minimum Gasteiger partial charge on any atom is -0.444 e. The lowest BCUT2D eigenvalue weighted by molar-refractivity contribution is 0.0500. The maximum atomic E-state index is 11.6. The van der Waals surface area contributed by atoms with E-state index in [-0.39, 0.29) is 12.1 Å². The molecule has 1 fully saturated rings. The van der Waals surface area contributed by atoms with Crippen LogP contribution in [0.25, 0.3) is 0 Å². The van der Waals surface area contributed by atoms with Gasteiger partial charge < -0.3 is 10.1 Å². The summed E-state index contributed by atoms with van der Waals surface area (Å²) in [5, 5.41) is 2.92. The molecule has 0 radical (unpaired) electrons. The molecular weight excluding hydrogens is 214 g/mol. The van der Waals surface area contributed by atoms with Crippen LogP contribution in [0.15, 0.2) is 0 Å². The van der Waals surface area contributed by atoms with Crippen molar-refractivity contribution in [1.29, 1.82) is 0 Å². The summed E-state index contributed by atoms with van der Waals surface area (Å²) in [5.41, 5.74) is -0.408. The van der Waals surface area contributed by atoms with Crippen LogP contribution >= 0.6 is 0 Å². The molecule has 1 amide bonds. The van der Waals surface area contributed by atoms with Gasteiger partial charge in [-0.15, -0.1) is 0 Å². The third-order valence-corrected chi connectivity index (χ3v) is 3.17. The number of carbonyl (C=O) groups is 1. The Hall–Kier alpha value is -0.730. The molecule has 17 heavy (non-hydrogen) atoms. The largest absolute Gasteiger partial charge is 0.444 e. The Kier molecular flexibility index (Phi) is 5.29. The van der Waals surface area contributed by atoms with Crippen LogP contribution in [0.2, 0.25) is 0 Å². The zero-order valence-corrected chi connectivity index (χ0v) is 11.7. The quantitative estimate of drug-likeness (QED) is 0.814. The highest BCUT2D eigenvalue weighted by Crippen LogP contribution is 2.27. The van der Waals surface area contributed by atoms with Crippen molar-refractivity contribution < 1.29 is 9.53 Å². The zero-order chi connectivity index (χ0) is 12.9. The normalized spacial score (nSPS) is 19.8. The van der Waals surface area contributed by atoms with E-state index in [1.54, 1.807) is 0 Å². The van der Waals surface area contributed by atoms with E-state index in [1.165, 1.54) is 32.1 Å². The Morgan fingerprint density at radius 3 is 2.41 bits per heavy atom. The number of hydrogen-bond acceptors (Lipinski definition) is 2. The zero-order valence-electron chi connectivity index (χ0n) is 11.7. The molecule has 0 heterocycles. The van der Waals surface area contributed by atoms with Crippen molar-refractivity contribution in [1.82, 2.24) is 5.32 Å². The molecule has 1 aliphatic carbocycles. The van der Waals surface area contributed by atoms with E-state index in [2.05, 4.69) is 12.2 Å². The summed E-state index contributed by atoms with van der Waals surface area (Å²) in [6, 6.07) is 0.216. The van der Waals surface area contributed by atoms with Crippen LogP contribution in [-0.2, 0) is 4.74 Å². The van der Waals surface area contributed by atoms with Gasteiger partial charge in [0.1, 0.15) is 5.60 Å². The van der Waals surface area contributed by atoms with E-state index in [9.17, 15) is 4.79 Å². The molecule has 0 spiro atoms. The summed E-state index contributed by atoms with van der Waals surface area (Å²) < 4.78 is 5.25. The highest BCUT2D eigenvalue weighted by Gasteiger charge is 2.20. The first-order valence-electron chi connectivity index (χ1n) is 6.86. The van der Waals surface area contributed by atoms with Gasteiger partial charge in [0.05, 0.1) is 0 Å². The van der Waals surface area contributed by atoms with Crippen molar-refractivity contribution in [3.63, 3.8) is 0 Å². The van der Waals surface area contributed by atoms with Crippen LogP contribution in [0, 0.1) is 5.92 Å². The van der Waals surface area contributed by atoms with Crippen molar-refractivity contribution in [3.8, 4) is 0 Å². The van der Waals surface area contributed by atoms with E-state index < -0.39 is 5.60 Å². The van der Waals surface area contributed by atoms with Crippen LogP contribution in [-0.4, -0.2) is 17.7 Å². The molecule has 1 saturated carbocycles. The molecule has 0 aromatic carbocycles. The van der Waals surface area contributed by atoms with Gasteiger partial charge in [-0.05, 0) is 40.0 Å². The maximum absolute atomic E-state index is 11.6. The Labute approximate surface area is 105 Å². The molecule has 0 bridgehead atoms. The van der Waals surface area contributed by atoms with Gasteiger partial charge in [-0.2, -0.15) is 0 Å². The van der Waals surface area contributed by atoms with Crippen molar-refractivity contribution in [2.45, 2.75) is 77.9 Å². The van der Waals surface area contributed by atoms with Gasteiger partial charge in [0.15, 0.2) is 0 Å². The number of hydrogen-bond donors (Lipinski definition) is 1. The van der Waals surface area contributed by atoms with E-state index in [0.29, 0.717) is 0 Å². The predicted molar refractivity (Wildman–Crippen MR) is 70.0 cm³/mol. The monoisotopic (exact) mass is 241 g/mol. The average molecular weight is 241 g/mol. The molecule has 1 rings (SSSR count). The molecule has 1 N–H and O–H groups in total. The number of ether oxygens (including phenoxy) is 1. The van der Waals surface area contributed by atoms with E-state index in [1.807, 2.05) is 20.8 Å². The van der Waals surface area contributed by atoms with E-state index in [0.717, 1.165) is 12.3 Å². The fraction of sp³-hybridized carbons (Fsp3) is 0.929. The van der Waals surface area contributed by atoms with E-state index in [4.69, 9.17) is 4.74 Å². The van der Waals surface area contributed by atoms with Crippen molar-refractivity contribution in [3.05, 3.63) is 0 Å². The SMILES string of the molecule is C[C@@H](CC1CCCCC1)NC(=O)OC(C)(C)C. The van der Waals surface area contributed by atoms with Crippen LogP contribution in [0.5, 0.6) is 0 Å². The number of carbonyl (C=O) groups excluding carboxylic acids is 1. The molecule has 0 saturated heterocycles. The highest BCUT2D eigenvalue weighted by atomic mass is 16.6. The molecule has 3 nitrogen and oxygen atoms in total. The summed E-state index contributed by atoms with van der Waals surface area (Å²) in [6.45, 7) is 7.73. The second kappa shape index (κ2) is 6.27. The summed E-state index contributed by atoms with van der Waals surface area (Å²) in [4.78, 5) is 11.6. The van der Waals surface area contributed by atoms with Gasteiger partial charge in [-0.1, -0.05) is 32.1 Å². The first-order chi connectivity index (χ1) is 7.87. The molecule has 1 atom stereocenters. The Balaban J connectivity index is 2.23. The molecule has 0 unspecified atom stereocenters. The molecular formula is C14H27NO2. The topological polar surface area (TPSA) is 38.3 Å². The number of nitrogens with one attached hydrogen (secondary N) is 1. The van der Waals surface area contributed by atoms with Crippen LogP contribution in [0.4, 0.5) is 4.79 Å². The van der Waals surface area contributed by atoms with Crippen LogP contribution in [0.3, 0.4) is 0 Å². The van der Waals surface area contributed by atoms with Gasteiger partial charge in [0, 0.05) is 6.04 Å². The predicted octanol–water partition coefficient (Wildman–Crippen LogP) is 3.87. The van der Waals surface area contributed by atoms with Gasteiger partial charge in [0.25, 0.3) is 0 Å². The molecule has 100 valence electrons. The molecule has 0 aromatic heterocycles. The number of amides is 1. The van der Waals surface area contributed by atoms with Crippen molar-refractivity contribution >= 4 is 6.09 Å². The van der Waals surface area contributed by atoms with E-state index >= 15 is 0 Å². The third kappa shape index (κ3) is 6.54. The van der Waals surface area contributed by atoms with Gasteiger partial charge in [0.2, 0.25) is 0 Å². The molecule has 1 aliphatic rings. The van der Waals surface area contributed by atoms with Crippen LogP contribution < -0.4 is 5.32 Å².